The van der Waals surface area contributed by atoms with E-state index in [-0.39, 0.29) is 5.78 Å². The zero-order valence-corrected chi connectivity index (χ0v) is 13.0. The molecule has 0 saturated carbocycles. The van der Waals surface area contributed by atoms with E-state index in [9.17, 15) is 4.79 Å². The molecule has 2 rings (SSSR count). The lowest BCUT2D eigenvalue weighted by Gasteiger charge is -2.10. The van der Waals surface area contributed by atoms with Crippen LogP contribution in [0.25, 0.3) is 0 Å². The van der Waals surface area contributed by atoms with Crippen LogP contribution in [0.5, 0.6) is 5.75 Å². The highest BCUT2D eigenvalue weighted by Gasteiger charge is 2.12. The Morgan fingerprint density at radius 3 is 2.62 bits per heavy atom. The number of Topliss-reactive ketones (excluding diaryl/α,β-unsaturated/α-hetero) is 1. The van der Waals surface area contributed by atoms with Crippen LogP contribution in [0.4, 0.5) is 0 Å². The van der Waals surface area contributed by atoms with Crippen molar-refractivity contribution >= 4 is 17.5 Å². The van der Waals surface area contributed by atoms with Crippen molar-refractivity contribution < 1.29 is 14.3 Å². The third-order valence-corrected chi connectivity index (χ3v) is 3.82. The summed E-state index contributed by atoms with van der Waals surface area (Å²) in [4.78, 5) is 13.1. The van der Waals surface area contributed by atoms with Crippen LogP contribution in [0.1, 0.15) is 16.8 Å². The zero-order chi connectivity index (χ0) is 15.7. The van der Waals surface area contributed by atoms with E-state index in [1.165, 1.54) is 0 Å². The predicted octanol–water partition coefficient (Wildman–Crippen LogP) is 3.71. The van der Waals surface area contributed by atoms with Gasteiger partial charge in [0.05, 0.1) is 14.2 Å². The first-order valence-corrected chi connectivity index (χ1v) is 7.31. The summed E-state index contributed by atoms with van der Waals surface area (Å²) in [5.41, 5.74) is 0.754. The Bertz CT molecular complexity index is 571. The molecule has 3 nitrogen and oxygen atoms in total. The molecular formula is C17H18O3S. The maximum Gasteiger partial charge on any atom is 0.167 e. The molecule has 0 aromatic heterocycles. The molecule has 0 N–H and O–H groups in total. The Morgan fingerprint density at radius 2 is 1.95 bits per heavy atom. The number of rotatable bonds is 2. The summed E-state index contributed by atoms with van der Waals surface area (Å²) in [6.45, 7) is 0. The van der Waals surface area contributed by atoms with Crippen LogP contribution in [0, 0.1) is 12.8 Å². The molecule has 1 aromatic rings. The molecule has 0 saturated heterocycles. The molecule has 110 valence electrons. The summed E-state index contributed by atoms with van der Waals surface area (Å²) in [7, 11) is 3.26. The fourth-order valence-electron chi connectivity index (χ4n) is 1.80. The second-order valence-corrected chi connectivity index (χ2v) is 5.08. The predicted molar refractivity (Wildman–Crippen MR) is 86.8 cm³/mol. The fourth-order valence-corrected chi connectivity index (χ4v) is 2.77. The number of thioether (sulfide) groups is 1. The minimum Gasteiger partial charge on any atom is -0.497 e. The highest BCUT2D eigenvalue weighted by Crippen LogP contribution is 2.29. The summed E-state index contributed by atoms with van der Waals surface area (Å²) in [6, 6.07) is 5.56. The van der Waals surface area contributed by atoms with Crippen LogP contribution in [0.3, 0.4) is 0 Å². The van der Waals surface area contributed by atoms with E-state index in [0.29, 0.717) is 6.42 Å². The van der Waals surface area contributed by atoms with E-state index < -0.39 is 0 Å². The van der Waals surface area contributed by atoms with Gasteiger partial charge < -0.3 is 9.47 Å². The van der Waals surface area contributed by atoms with Gasteiger partial charge >= 0.3 is 0 Å². The molecule has 0 radical (unpaired) electrons. The number of allylic oxidation sites excluding steroid dienone is 2. The SMILES string of the molecule is C#C.COC1=C/CSc2cc(OC)ccc2C(=O)C/C=C\1. The van der Waals surface area contributed by atoms with Gasteiger partial charge in [-0.15, -0.1) is 24.6 Å². The summed E-state index contributed by atoms with van der Waals surface area (Å²) in [6.07, 6.45) is 14.1. The van der Waals surface area contributed by atoms with Gasteiger partial charge in [0.1, 0.15) is 11.5 Å². The van der Waals surface area contributed by atoms with Crippen molar-refractivity contribution in [1.82, 2.24) is 0 Å². The third-order valence-electron chi connectivity index (χ3n) is 2.83. The molecule has 1 aliphatic heterocycles. The Labute approximate surface area is 130 Å². The Kier molecular flexibility index (Phi) is 7.20. The number of carbonyl (C=O) groups is 1. The van der Waals surface area contributed by atoms with Gasteiger partial charge in [0, 0.05) is 22.6 Å². The van der Waals surface area contributed by atoms with Crippen LogP contribution >= 0.6 is 11.8 Å². The number of hydrogen-bond acceptors (Lipinski definition) is 4. The van der Waals surface area contributed by atoms with Gasteiger partial charge in [-0.2, -0.15) is 0 Å². The Morgan fingerprint density at radius 1 is 1.19 bits per heavy atom. The first-order chi connectivity index (χ1) is 10.2. The molecule has 1 aromatic carbocycles. The number of hydrogen-bond donors (Lipinski definition) is 0. The Balaban J connectivity index is 0.00000106. The summed E-state index contributed by atoms with van der Waals surface area (Å²) < 4.78 is 10.4. The topological polar surface area (TPSA) is 35.5 Å². The maximum atomic E-state index is 12.2. The van der Waals surface area contributed by atoms with Crippen molar-refractivity contribution in [3.63, 3.8) is 0 Å². The quantitative estimate of drug-likeness (QED) is 0.780. The number of ether oxygens (including phenoxy) is 2. The fraction of sp³-hybridized carbons (Fsp3) is 0.235. The van der Waals surface area contributed by atoms with Gasteiger partial charge in [0.15, 0.2) is 5.78 Å². The lowest BCUT2D eigenvalue weighted by atomic mass is 10.1. The van der Waals surface area contributed by atoms with Crippen molar-refractivity contribution in [2.24, 2.45) is 0 Å². The number of fused-ring (bicyclic) bond motifs is 1. The molecule has 4 heteroatoms. The van der Waals surface area contributed by atoms with E-state index in [0.717, 1.165) is 27.7 Å². The molecule has 0 spiro atoms. The number of benzene rings is 1. The lowest BCUT2D eigenvalue weighted by molar-refractivity contribution is 0.0993. The largest absolute Gasteiger partial charge is 0.497 e. The van der Waals surface area contributed by atoms with E-state index in [2.05, 4.69) is 12.8 Å². The Hall–Kier alpha value is -2.12. The van der Waals surface area contributed by atoms with Gasteiger partial charge in [-0.05, 0) is 30.4 Å². The minimum absolute atomic E-state index is 0.110. The van der Waals surface area contributed by atoms with Crippen LogP contribution in [0.15, 0.2) is 47.1 Å². The van der Waals surface area contributed by atoms with Gasteiger partial charge in [0.2, 0.25) is 0 Å². The minimum atomic E-state index is 0.110. The van der Waals surface area contributed by atoms with Gasteiger partial charge in [-0.3, -0.25) is 4.79 Å². The lowest BCUT2D eigenvalue weighted by Crippen LogP contribution is -2.01. The zero-order valence-electron chi connectivity index (χ0n) is 12.2. The molecule has 0 atom stereocenters. The molecule has 21 heavy (non-hydrogen) atoms. The summed E-state index contributed by atoms with van der Waals surface area (Å²) in [5.74, 6) is 2.41. The molecule has 1 aliphatic rings. The van der Waals surface area contributed by atoms with Gasteiger partial charge in [-0.25, -0.2) is 0 Å². The van der Waals surface area contributed by atoms with Crippen molar-refractivity contribution in [1.29, 1.82) is 0 Å². The third kappa shape index (κ3) is 4.73. The maximum absolute atomic E-state index is 12.2. The van der Waals surface area contributed by atoms with Gasteiger partial charge in [0.25, 0.3) is 0 Å². The van der Waals surface area contributed by atoms with Crippen LogP contribution in [0.2, 0.25) is 0 Å². The normalized spacial score (nSPS) is 18.1. The second kappa shape index (κ2) is 8.93. The highest BCUT2D eigenvalue weighted by atomic mass is 32.2. The molecule has 1 heterocycles. The summed E-state index contributed by atoms with van der Waals surface area (Å²) in [5, 5.41) is 0. The van der Waals surface area contributed by atoms with E-state index in [4.69, 9.17) is 9.47 Å². The molecule has 0 unspecified atom stereocenters. The molecule has 0 aliphatic carbocycles. The molecule has 0 fully saturated rings. The standard InChI is InChI=1S/C15H16O3S.C2H2/c1-17-11-4-3-5-14(16)13-7-6-12(18-2)10-15(13)19-9-8-11;1-2/h3-4,6-8,10H,5,9H2,1-2H3;1-2H/b4-3-,11-8+;. The van der Waals surface area contributed by atoms with Crippen molar-refractivity contribution in [2.75, 3.05) is 20.0 Å². The van der Waals surface area contributed by atoms with E-state index >= 15 is 0 Å². The van der Waals surface area contributed by atoms with Crippen molar-refractivity contribution in [3.05, 3.63) is 47.7 Å². The van der Waals surface area contributed by atoms with Crippen molar-refractivity contribution in [3.8, 4) is 18.6 Å². The molecular weight excluding hydrogens is 284 g/mol. The molecule has 0 amide bonds. The summed E-state index contributed by atoms with van der Waals surface area (Å²) >= 11 is 1.61. The van der Waals surface area contributed by atoms with Crippen LogP contribution in [-0.4, -0.2) is 25.8 Å². The van der Waals surface area contributed by atoms with Crippen molar-refractivity contribution in [2.45, 2.75) is 11.3 Å². The van der Waals surface area contributed by atoms with E-state index in [1.54, 1.807) is 26.0 Å². The van der Waals surface area contributed by atoms with Crippen LogP contribution < -0.4 is 4.74 Å². The van der Waals surface area contributed by atoms with Crippen LogP contribution in [-0.2, 0) is 4.74 Å². The number of ketones is 1. The first-order valence-electron chi connectivity index (χ1n) is 6.32. The average molecular weight is 302 g/mol. The second-order valence-electron chi connectivity index (χ2n) is 4.01. The number of terminal acetylenes is 1. The van der Waals surface area contributed by atoms with Gasteiger partial charge in [-0.1, -0.05) is 6.08 Å². The monoisotopic (exact) mass is 302 g/mol. The highest BCUT2D eigenvalue weighted by molar-refractivity contribution is 7.99. The molecule has 0 bridgehead atoms. The smallest absolute Gasteiger partial charge is 0.167 e. The number of methoxy groups -OCH3 is 2. The van der Waals surface area contributed by atoms with E-state index in [1.807, 2.05) is 36.4 Å². The first kappa shape index (κ1) is 16.9. The number of carbonyl (C=O) groups excluding carboxylic acids is 1. The average Bonchev–Trinajstić information content (AvgIpc) is 2.54.